The normalized spacial score (nSPS) is 51.5. The van der Waals surface area contributed by atoms with Crippen LogP contribution in [-0.2, 0) is 0 Å². The van der Waals surface area contributed by atoms with Gasteiger partial charge in [-0.25, -0.2) is 0 Å². The average molecular weight is 435 g/mol. The molecule has 0 bridgehead atoms. The third kappa shape index (κ3) is 3.93. The van der Waals surface area contributed by atoms with Crippen LogP contribution >= 0.6 is 0 Å². The minimum atomic E-state index is -0.684. The molecule has 3 N–H and O–H groups in total. The summed E-state index contributed by atoms with van der Waals surface area (Å²) in [6, 6.07) is 0. The summed E-state index contributed by atoms with van der Waals surface area (Å²) >= 11 is 0. The summed E-state index contributed by atoms with van der Waals surface area (Å²) in [7, 11) is 0. The number of hydrogen-bond donors (Lipinski definition) is 3. The first kappa shape index (κ1) is 24.0. The Balaban J connectivity index is 1.55. The first-order valence-electron chi connectivity index (χ1n) is 13.6. The van der Waals surface area contributed by atoms with Crippen molar-refractivity contribution in [2.45, 2.75) is 135 Å². The number of rotatable bonds is 6. The second-order valence-corrected chi connectivity index (χ2v) is 13.3. The fourth-order valence-corrected chi connectivity index (χ4v) is 9.83. The summed E-state index contributed by atoms with van der Waals surface area (Å²) in [6.45, 7) is 11.4. The smallest absolute Gasteiger partial charge is 0.0656 e. The van der Waals surface area contributed by atoms with E-state index in [0.29, 0.717) is 23.7 Å². The number of hydrogen-bond acceptors (Lipinski definition) is 3. The molecule has 0 radical (unpaired) electrons. The van der Waals surface area contributed by atoms with Crippen molar-refractivity contribution in [2.24, 2.45) is 40.4 Å². The Morgan fingerprint density at radius 2 is 1.58 bits per heavy atom. The molecular weight excluding hydrogens is 384 g/mol. The van der Waals surface area contributed by atoms with Gasteiger partial charge in [0.05, 0.1) is 17.3 Å². The van der Waals surface area contributed by atoms with E-state index in [9.17, 15) is 15.3 Å². The standard InChI is InChI=1S/C28H50O3/c1-6-7-8-9-14-27(4,30)23-11-10-21-20-18-28(5,31)24-17-19(29)12-15-26(24,3)22(20)13-16-25(21,23)2/h19-24,29-31H,6-18H2,1-5H3/t19-,20-,21-,22-,23-,24-,25-,26+,27-,28+/m0/s1. The van der Waals surface area contributed by atoms with Crippen LogP contribution in [0.3, 0.4) is 0 Å². The first-order chi connectivity index (χ1) is 14.5. The van der Waals surface area contributed by atoms with Gasteiger partial charge in [-0.15, -0.1) is 0 Å². The van der Waals surface area contributed by atoms with Crippen LogP contribution in [-0.4, -0.2) is 32.6 Å². The van der Waals surface area contributed by atoms with E-state index in [-0.39, 0.29) is 22.9 Å². The van der Waals surface area contributed by atoms with E-state index >= 15 is 0 Å². The molecule has 0 unspecified atom stereocenters. The molecule has 4 rings (SSSR count). The maximum atomic E-state index is 11.6. The van der Waals surface area contributed by atoms with E-state index in [1.807, 2.05) is 0 Å². The van der Waals surface area contributed by atoms with Gasteiger partial charge in [-0.3, -0.25) is 0 Å². The van der Waals surface area contributed by atoms with E-state index in [2.05, 4.69) is 34.6 Å². The summed E-state index contributed by atoms with van der Waals surface area (Å²) in [5.41, 5.74) is -0.907. The Labute approximate surface area is 191 Å². The van der Waals surface area contributed by atoms with Crippen LogP contribution in [0.2, 0.25) is 0 Å². The number of aliphatic hydroxyl groups excluding tert-OH is 1. The third-order valence-electron chi connectivity index (χ3n) is 11.3. The van der Waals surface area contributed by atoms with Gasteiger partial charge in [0.2, 0.25) is 0 Å². The van der Waals surface area contributed by atoms with E-state index < -0.39 is 11.2 Å². The average Bonchev–Trinajstić information content (AvgIpc) is 3.05. The quantitative estimate of drug-likeness (QED) is 0.443. The molecule has 0 aliphatic heterocycles. The van der Waals surface area contributed by atoms with E-state index in [1.165, 1.54) is 38.5 Å². The summed E-state index contributed by atoms with van der Waals surface area (Å²) in [5, 5.41) is 33.6. The molecule has 31 heavy (non-hydrogen) atoms. The second kappa shape index (κ2) is 8.27. The van der Waals surface area contributed by atoms with Crippen LogP contribution < -0.4 is 0 Å². The maximum Gasteiger partial charge on any atom is 0.0656 e. The van der Waals surface area contributed by atoms with Crippen LogP contribution in [0.4, 0.5) is 0 Å². The van der Waals surface area contributed by atoms with Crippen LogP contribution in [0, 0.1) is 40.4 Å². The molecule has 0 aromatic rings. The predicted molar refractivity (Wildman–Crippen MR) is 127 cm³/mol. The van der Waals surface area contributed by atoms with Crippen LogP contribution in [0.5, 0.6) is 0 Å². The highest BCUT2D eigenvalue weighted by molar-refractivity contribution is 5.15. The molecular formula is C28H50O3. The van der Waals surface area contributed by atoms with E-state index in [4.69, 9.17) is 0 Å². The van der Waals surface area contributed by atoms with E-state index in [1.54, 1.807) is 0 Å². The van der Waals surface area contributed by atoms with Crippen molar-refractivity contribution in [3.8, 4) is 0 Å². The summed E-state index contributed by atoms with van der Waals surface area (Å²) in [6.07, 6.45) is 14.0. The van der Waals surface area contributed by atoms with Crippen LogP contribution in [0.1, 0.15) is 118 Å². The second-order valence-electron chi connectivity index (χ2n) is 13.3. The number of aliphatic hydroxyl groups is 3. The monoisotopic (exact) mass is 434 g/mol. The largest absolute Gasteiger partial charge is 0.393 e. The summed E-state index contributed by atoms with van der Waals surface area (Å²) in [4.78, 5) is 0. The zero-order chi connectivity index (χ0) is 22.7. The highest BCUT2D eigenvalue weighted by Gasteiger charge is 2.65. The van der Waals surface area contributed by atoms with Crippen molar-refractivity contribution < 1.29 is 15.3 Å². The fourth-order valence-electron chi connectivity index (χ4n) is 9.83. The zero-order valence-electron chi connectivity index (χ0n) is 21.0. The molecule has 0 aromatic carbocycles. The van der Waals surface area contributed by atoms with Crippen molar-refractivity contribution in [2.75, 3.05) is 0 Å². The van der Waals surface area contributed by atoms with Gasteiger partial charge in [-0.05, 0) is 112 Å². The SMILES string of the molecule is CCCCCC[C@](C)(O)[C@H]1CC[C@H]2[C@@H]3C[C@@](C)(O)[C@H]4C[C@@H](O)CC[C@]4(C)[C@H]3CC[C@@]21C. The summed E-state index contributed by atoms with van der Waals surface area (Å²) < 4.78 is 0. The van der Waals surface area contributed by atoms with Gasteiger partial charge in [0.1, 0.15) is 0 Å². The van der Waals surface area contributed by atoms with Gasteiger partial charge in [0.25, 0.3) is 0 Å². The third-order valence-corrected chi connectivity index (χ3v) is 11.3. The van der Waals surface area contributed by atoms with Crippen LogP contribution in [0.15, 0.2) is 0 Å². The Bertz CT molecular complexity index is 642. The van der Waals surface area contributed by atoms with Gasteiger partial charge < -0.3 is 15.3 Å². The lowest BCUT2D eigenvalue weighted by atomic mass is 9.41. The minimum absolute atomic E-state index is 0.147. The molecule has 0 amide bonds. The maximum absolute atomic E-state index is 11.6. The zero-order valence-corrected chi connectivity index (χ0v) is 21.0. The van der Waals surface area contributed by atoms with Crippen molar-refractivity contribution in [3.63, 3.8) is 0 Å². The number of fused-ring (bicyclic) bond motifs is 5. The minimum Gasteiger partial charge on any atom is -0.393 e. The van der Waals surface area contributed by atoms with Crippen molar-refractivity contribution in [3.05, 3.63) is 0 Å². The molecule has 0 aromatic heterocycles. The fraction of sp³-hybridized carbons (Fsp3) is 1.00. The Morgan fingerprint density at radius 3 is 2.29 bits per heavy atom. The molecule has 10 atom stereocenters. The van der Waals surface area contributed by atoms with Gasteiger partial charge in [0.15, 0.2) is 0 Å². The van der Waals surface area contributed by atoms with Gasteiger partial charge in [-0.1, -0.05) is 46.5 Å². The lowest BCUT2D eigenvalue weighted by Crippen LogP contribution is -2.62. The Hall–Kier alpha value is -0.120. The molecule has 3 heteroatoms. The topological polar surface area (TPSA) is 60.7 Å². The molecule has 4 fully saturated rings. The van der Waals surface area contributed by atoms with Crippen molar-refractivity contribution in [1.29, 1.82) is 0 Å². The van der Waals surface area contributed by atoms with E-state index in [0.717, 1.165) is 44.9 Å². The highest BCUT2D eigenvalue weighted by Crippen LogP contribution is 2.70. The molecule has 0 heterocycles. The molecule has 0 saturated heterocycles. The predicted octanol–water partition coefficient (Wildman–Crippen LogP) is 6.09. The van der Waals surface area contributed by atoms with Crippen LogP contribution in [0.25, 0.3) is 0 Å². The Kier molecular flexibility index (Phi) is 6.41. The van der Waals surface area contributed by atoms with Gasteiger partial charge in [-0.2, -0.15) is 0 Å². The van der Waals surface area contributed by atoms with Gasteiger partial charge in [0, 0.05) is 0 Å². The molecule has 0 spiro atoms. The van der Waals surface area contributed by atoms with Crippen molar-refractivity contribution in [1.82, 2.24) is 0 Å². The molecule has 180 valence electrons. The molecule has 3 nitrogen and oxygen atoms in total. The first-order valence-corrected chi connectivity index (χ1v) is 13.6. The van der Waals surface area contributed by atoms with Gasteiger partial charge >= 0.3 is 0 Å². The molecule has 4 aliphatic rings. The summed E-state index contributed by atoms with van der Waals surface area (Å²) in [5.74, 6) is 2.45. The Morgan fingerprint density at radius 1 is 0.903 bits per heavy atom. The molecule has 4 aliphatic carbocycles. The number of unbranched alkanes of at least 4 members (excludes halogenated alkanes) is 3. The lowest BCUT2D eigenvalue weighted by Gasteiger charge is -2.65. The lowest BCUT2D eigenvalue weighted by molar-refractivity contribution is -0.213. The highest BCUT2D eigenvalue weighted by atomic mass is 16.3. The molecule has 4 saturated carbocycles. The van der Waals surface area contributed by atoms with Crippen molar-refractivity contribution >= 4 is 0 Å².